The average Bonchev–Trinajstić information content (AvgIpc) is 2.30. The molecule has 19 heavy (non-hydrogen) atoms. The maximum atomic E-state index is 13.8. The van der Waals surface area contributed by atoms with Crippen molar-refractivity contribution in [2.24, 2.45) is 0 Å². The molecule has 1 aromatic rings. The molecule has 0 atom stereocenters. The molecule has 0 spiro atoms. The average molecular weight is 290 g/mol. The molecule has 3 N–H and O–H groups in total. The summed E-state index contributed by atoms with van der Waals surface area (Å²) in [6.45, 7) is 1.87. The summed E-state index contributed by atoms with van der Waals surface area (Å²) in [6, 6.07) is 1.75. The van der Waals surface area contributed by atoms with Gasteiger partial charge in [-0.1, -0.05) is 6.92 Å². The highest BCUT2D eigenvalue weighted by molar-refractivity contribution is 7.89. The molecule has 1 aromatic carbocycles. The Balaban J connectivity index is 2.38. The summed E-state index contributed by atoms with van der Waals surface area (Å²) in [5.74, 6) is -2.21. The summed E-state index contributed by atoms with van der Waals surface area (Å²) in [7, 11) is -4.03. The lowest BCUT2D eigenvalue weighted by Crippen LogP contribution is -2.52. The number of hydrogen-bond donors (Lipinski definition) is 2. The number of rotatable bonds is 4. The number of anilines is 1. The second kappa shape index (κ2) is 4.72. The van der Waals surface area contributed by atoms with Gasteiger partial charge in [0.15, 0.2) is 5.82 Å². The Morgan fingerprint density at radius 3 is 2.47 bits per heavy atom. The Bertz CT molecular complexity index is 592. The SMILES string of the molecule is CCC1(NS(=O)(=O)c2ccc(F)c(N)c2F)CCC1. The smallest absolute Gasteiger partial charge is 0.244 e. The lowest BCUT2D eigenvalue weighted by molar-refractivity contribution is 0.213. The Labute approximate surface area is 111 Å². The van der Waals surface area contributed by atoms with Crippen LogP contribution >= 0.6 is 0 Å². The van der Waals surface area contributed by atoms with Crippen LogP contribution in [0, 0.1) is 11.6 Å². The Morgan fingerprint density at radius 2 is 2.00 bits per heavy atom. The molecule has 106 valence electrons. The molecule has 0 bridgehead atoms. The number of nitrogens with two attached hydrogens (primary N) is 1. The summed E-state index contributed by atoms with van der Waals surface area (Å²) < 4.78 is 53.6. The zero-order valence-electron chi connectivity index (χ0n) is 10.5. The Hall–Kier alpha value is -1.21. The van der Waals surface area contributed by atoms with Gasteiger partial charge in [-0.3, -0.25) is 0 Å². The molecule has 7 heteroatoms. The van der Waals surface area contributed by atoms with Crippen molar-refractivity contribution in [3.05, 3.63) is 23.8 Å². The van der Waals surface area contributed by atoms with Crippen molar-refractivity contribution in [2.75, 3.05) is 5.73 Å². The van der Waals surface area contributed by atoms with Gasteiger partial charge in [0.2, 0.25) is 10.0 Å². The van der Waals surface area contributed by atoms with Crippen LogP contribution in [0.5, 0.6) is 0 Å². The lowest BCUT2D eigenvalue weighted by Gasteiger charge is -2.41. The summed E-state index contributed by atoms with van der Waals surface area (Å²) in [5, 5.41) is 0. The standard InChI is InChI=1S/C12H16F2N2O2S/c1-2-12(6-3-7-12)16-19(17,18)9-5-4-8(13)11(15)10(9)14/h4-5,16H,2-3,6-7,15H2,1H3. The second-order valence-corrected chi connectivity index (χ2v) is 6.52. The van der Waals surface area contributed by atoms with Gasteiger partial charge in [-0.25, -0.2) is 21.9 Å². The Morgan fingerprint density at radius 1 is 1.37 bits per heavy atom. The number of sulfonamides is 1. The molecule has 1 fully saturated rings. The van der Waals surface area contributed by atoms with Crippen molar-refractivity contribution in [1.82, 2.24) is 4.72 Å². The van der Waals surface area contributed by atoms with E-state index in [0.717, 1.165) is 31.4 Å². The predicted octanol–water partition coefficient (Wildman–Crippen LogP) is 2.16. The third-order valence-corrected chi connectivity index (χ3v) is 5.32. The van der Waals surface area contributed by atoms with E-state index >= 15 is 0 Å². The third-order valence-electron chi connectivity index (χ3n) is 3.72. The van der Waals surface area contributed by atoms with E-state index in [1.165, 1.54) is 0 Å². The van der Waals surface area contributed by atoms with Crippen LogP contribution < -0.4 is 10.5 Å². The van der Waals surface area contributed by atoms with Crippen LogP contribution in [-0.2, 0) is 10.0 Å². The first kappa shape index (κ1) is 14.2. The van der Waals surface area contributed by atoms with E-state index in [9.17, 15) is 17.2 Å². The predicted molar refractivity (Wildman–Crippen MR) is 68.0 cm³/mol. The molecular weight excluding hydrogens is 274 g/mol. The first-order valence-corrected chi connectivity index (χ1v) is 7.57. The van der Waals surface area contributed by atoms with Gasteiger partial charge in [-0.2, -0.15) is 0 Å². The maximum absolute atomic E-state index is 13.8. The fraction of sp³-hybridized carbons (Fsp3) is 0.500. The van der Waals surface area contributed by atoms with Crippen molar-refractivity contribution >= 4 is 15.7 Å². The van der Waals surface area contributed by atoms with E-state index in [1.807, 2.05) is 6.92 Å². The van der Waals surface area contributed by atoms with Crippen LogP contribution in [0.3, 0.4) is 0 Å². The van der Waals surface area contributed by atoms with Gasteiger partial charge in [-0.05, 0) is 37.8 Å². The van der Waals surface area contributed by atoms with Crippen molar-refractivity contribution in [3.8, 4) is 0 Å². The van der Waals surface area contributed by atoms with E-state index in [0.29, 0.717) is 6.42 Å². The summed E-state index contributed by atoms with van der Waals surface area (Å²) >= 11 is 0. The molecule has 0 amide bonds. The van der Waals surface area contributed by atoms with Crippen LogP contribution in [0.2, 0.25) is 0 Å². The van der Waals surface area contributed by atoms with E-state index in [2.05, 4.69) is 4.72 Å². The minimum absolute atomic E-state index is 0.506. The van der Waals surface area contributed by atoms with E-state index in [-0.39, 0.29) is 0 Å². The van der Waals surface area contributed by atoms with Crippen LogP contribution in [0.1, 0.15) is 32.6 Å². The molecule has 0 radical (unpaired) electrons. The van der Waals surface area contributed by atoms with Gasteiger partial charge in [0.1, 0.15) is 16.4 Å². The zero-order valence-corrected chi connectivity index (χ0v) is 11.4. The van der Waals surface area contributed by atoms with Gasteiger partial charge >= 0.3 is 0 Å². The number of nitrogen functional groups attached to an aromatic ring is 1. The summed E-state index contributed by atoms with van der Waals surface area (Å²) in [4.78, 5) is -0.605. The number of benzene rings is 1. The van der Waals surface area contributed by atoms with E-state index in [1.54, 1.807) is 0 Å². The molecule has 0 unspecified atom stereocenters. The molecule has 1 aliphatic carbocycles. The molecule has 0 saturated heterocycles. The second-order valence-electron chi connectivity index (χ2n) is 4.87. The first-order chi connectivity index (χ1) is 8.81. The third kappa shape index (κ3) is 2.44. The van der Waals surface area contributed by atoms with Crippen LogP contribution in [0.25, 0.3) is 0 Å². The van der Waals surface area contributed by atoms with Crippen molar-refractivity contribution in [1.29, 1.82) is 0 Å². The number of halogens is 2. The normalized spacial score (nSPS) is 18.1. The van der Waals surface area contributed by atoms with Crippen molar-refractivity contribution in [3.63, 3.8) is 0 Å². The number of hydrogen-bond acceptors (Lipinski definition) is 3. The molecule has 1 saturated carbocycles. The summed E-state index contributed by atoms with van der Waals surface area (Å²) in [6.07, 6.45) is 3.01. The highest BCUT2D eigenvalue weighted by Gasteiger charge is 2.40. The quantitative estimate of drug-likeness (QED) is 0.835. The van der Waals surface area contributed by atoms with Gasteiger partial charge in [0.25, 0.3) is 0 Å². The van der Waals surface area contributed by atoms with Crippen molar-refractivity contribution < 1.29 is 17.2 Å². The fourth-order valence-corrected chi connectivity index (χ4v) is 3.85. The molecule has 2 rings (SSSR count). The highest BCUT2D eigenvalue weighted by Crippen LogP contribution is 2.36. The van der Waals surface area contributed by atoms with Gasteiger partial charge in [0, 0.05) is 5.54 Å². The monoisotopic (exact) mass is 290 g/mol. The zero-order chi connectivity index (χ0) is 14.3. The molecular formula is C12H16F2N2O2S. The van der Waals surface area contributed by atoms with Crippen LogP contribution in [0.4, 0.5) is 14.5 Å². The largest absolute Gasteiger partial charge is 0.394 e. The van der Waals surface area contributed by atoms with Gasteiger partial charge < -0.3 is 5.73 Å². The minimum atomic E-state index is -4.03. The first-order valence-electron chi connectivity index (χ1n) is 6.09. The van der Waals surface area contributed by atoms with Gasteiger partial charge in [0.05, 0.1) is 0 Å². The summed E-state index contributed by atoms with van der Waals surface area (Å²) in [5.41, 5.74) is 3.90. The minimum Gasteiger partial charge on any atom is -0.394 e. The topological polar surface area (TPSA) is 72.2 Å². The van der Waals surface area contributed by atoms with E-state index in [4.69, 9.17) is 5.73 Å². The number of nitrogens with one attached hydrogen (secondary N) is 1. The molecule has 1 aliphatic rings. The van der Waals surface area contributed by atoms with Gasteiger partial charge in [-0.15, -0.1) is 0 Å². The van der Waals surface area contributed by atoms with E-state index < -0.39 is 37.8 Å². The fourth-order valence-electron chi connectivity index (χ4n) is 2.23. The molecule has 0 aromatic heterocycles. The van der Waals surface area contributed by atoms with Crippen LogP contribution in [0.15, 0.2) is 17.0 Å². The Kier molecular flexibility index (Phi) is 3.53. The molecule has 4 nitrogen and oxygen atoms in total. The lowest BCUT2D eigenvalue weighted by atomic mass is 9.76. The van der Waals surface area contributed by atoms with Crippen LogP contribution in [-0.4, -0.2) is 14.0 Å². The molecule has 0 aliphatic heterocycles. The maximum Gasteiger partial charge on any atom is 0.244 e. The highest BCUT2D eigenvalue weighted by atomic mass is 32.2. The van der Waals surface area contributed by atoms with Crippen molar-refractivity contribution in [2.45, 2.75) is 43.0 Å². The molecule has 0 heterocycles.